The van der Waals surface area contributed by atoms with Crippen LogP contribution in [0.25, 0.3) is 0 Å². The Hall–Kier alpha value is -1.88. The lowest BCUT2D eigenvalue weighted by Crippen LogP contribution is -2.26. The molecule has 0 aliphatic carbocycles. The predicted molar refractivity (Wildman–Crippen MR) is 75.8 cm³/mol. The van der Waals surface area contributed by atoms with Gasteiger partial charge in [0.1, 0.15) is 10.4 Å². The van der Waals surface area contributed by atoms with Crippen molar-refractivity contribution in [3.05, 3.63) is 58.3 Å². The molecule has 5 heteroatoms. The van der Waals surface area contributed by atoms with Crippen LogP contribution in [0.4, 0.5) is 0 Å². The highest BCUT2D eigenvalue weighted by Gasteiger charge is 2.12. The molecule has 1 aromatic carbocycles. The molecule has 98 valence electrons. The van der Waals surface area contributed by atoms with Crippen LogP contribution in [0.1, 0.15) is 15.9 Å². The van der Waals surface area contributed by atoms with Gasteiger partial charge in [-0.3, -0.25) is 4.79 Å². The highest BCUT2D eigenvalue weighted by Crippen LogP contribution is 2.14. The maximum Gasteiger partial charge on any atom is 0.255 e. The first-order chi connectivity index (χ1) is 9.06. The number of aromatic nitrogens is 1. The molecule has 1 N–H and O–H groups in total. The maximum atomic E-state index is 12.2. The zero-order valence-corrected chi connectivity index (χ0v) is 12.0. The summed E-state index contributed by atoms with van der Waals surface area (Å²) in [6.07, 6.45) is 1.53. The van der Waals surface area contributed by atoms with E-state index in [1.54, 1.807) is 42.3 Å². The Balaban J connectivity index is 2.09. The van der Waals surface area contributed by atoms with Gasteiger partial charge in [-0.2, -0.15) is 0 Å². The van der Waals surface area contributed by atoms with E-state index >= 15 is 0 Å². The molecule has 1 amide bonds. The molecular formula is C14H13BrN2O2. The minimum absolute atomic E-state index is 0.108. The third kappa shape index (κ3) is 3.54. The van der Waals surface area contributed by atoms with Crippen LogP contribution in [0.5, 0.6) is 5.75 Å². The lowest BCUT2D eigenvalue weighted by atomic mass is 10.2. The highest BCUT2D eigenvalue weighted by atomic mass is 79.9. The smallest absolute Gasteiger partial charge is 0.255 e. The van der Waals surface area contributed by atoms with E-state index in [1.807, 2.05) is 6.07 Å². The van der Waals surface area contributed by atoms with Gasteiger partial charge in [-0.1, -0.05) is 12.1 Å². The lowest BCUT2D eigenvalue weighted by Gasteiger charge is -2.17. The molecule has 0 fully saturated rings. The lowest BCUT2D eigenvalue weighted by molar-refractivity contribution is 0.0784. The van der Waals surface area contributed by atoms with Crippen LogP contribution in [0.3, 0.4) is 0 Å². The van der Waals surface area contributed by atoms with Gasteiger partial charge in [-0.25, -0.2) is 4.98 Å². The average Bonchev–Trinajstić information content (AvgIpc) is 2.39. The number of amides is 1. The van der Waals surface area contributed by atoms with Gasteiger partial charge in [-0.05, 0) is 45.8 Å². The molecule has 2 rings (SSSR count). The summed E-state index contributed by atoms with van der Waals surface area (Å²) in [4.78, 5) is 17.8. The van der Waals surface area contributed by atoms with Gasteiger partial charge in [0.05, 0.1) is 5.56 Å². The molecule has 0 atom stereocenters. The van der Waals surface area contributed by atoms with Crippen LogP contribution >= 0.6 is 15.9 Å². The highest BCUT2D eigenvalue weighted by molar-refractivity contribution is 9.10. The number of hydrogen-bond donors (Lipinski definition) is 1. The van der Waals surface area contributed by atoms with Crippen molar-refractivity contribution in [2.45, 2.75) is 6.54 Å². The Kier molecular flexibility index (Phi) is 4.16. The predicted octanol–water partition coefficient (Wildman–Crippen LogP) is 2.82. The Morgan fingerprint density at radius 1 is 1.37 bits per heavy atom. The minimum Gasteiger partial charge on any atom is -0.508 e. The van der Waals surface area contributed by atoms with E-state index in [0.717, 1.165) is 5.56 Å². The zero-order chi connectivity index (χ0) is 13.8. The monoisotopic (exact) mass is 320 g/mol. The second kappa shape index (κ2) is 5.84. The topological polar surface area (TPSA) is 53.4 Å². The van der Waals surface area contributed by atoms with Crippen molar-refractivity contribution >= 4 is 21.8 Å². The van der Waals surface area contributed by atoms with Crippen LogP contribution in [-0.2, 0) is 6.54 Å². The van der Waals surface area contributed by atoms with Crippen LogP contribution in [0, 0.1) is 0 Å². The molecule has 1 heterocycles. The molecule has 0 saturated carbocycles. The van der Waals surface area contributed by atoms with Gasteiger partial charge < -0.3 is 10.0 Å². The molecule has 4 nitrogen and oxygen atoms in total. The summed E-state index contributed by atoms with van der Waals surface area (Å²) in [7, 11) is 1.72. The van der Waals surface area contributed by atoms with E-state index in [4.69, 9.17) is 0 Å². The minimum atomic E-state index is -0.108. The first-order valence-electron chi connectivity index (χ1n) is 5.71. The maximum absolute atomic E-state index is 12.2. The number of rotatable bonds is 3. The number of benzene rings is 1. The fourth-order valence-corrected chi connectivity index (χ4v) is 1.96. The summed E-state index contributed by atoms with van der Waals surface area (Å²) in [5.41, 5.74) is 1.41. The van der Waals surface area contributed by atoms with E-state index < -0.39 is 0 Å². The number of phenolic OH excluding ortho intramolecular Hbond substituents is 1. The van der Waals surface area contributed by atoms with Crippen LogP contribution in [0.2, 0.25) is 0 Å². The summed E-state index contributed by atoms with van der Waals surface area (Å²) in [5, 5.41) is 9.39. The number of aromatic hydroxyl groups is 1. The first kappa shape index (κ1) is 13.5. The van der Waals surface area contributed by atoms with Crippen LogP contribution < -0.4 is 0 Å². The summed E-state index contributed by atoms with van der Waals surface area (Å²) < 4.78 is 0.694. The summed E-state index contributed by atoms with van der Waals surface area (Å²) in [6, 6.07) is 10.3. The van der Waals surface area contributed by atoms with Crippen molar-refractivity contribution in [2.75, 3.05) is 7.05 Å². The number of nitrogens with zero attached hydrogens (tertiary/aromatic N) is 2. The van der Waals surface area contributed by atoms with Gasteiger partial charge in [0.2, 0.25) is 0 Å². The molecule has 0 spiro atoms. The van der Waals surface area contributed by atoms with Crippen molar-refractivity contribution in [1.29, 1.82) is 0 Å². The summed E-state index contributed by atoms with van der Waals surface area (Å²) >= 11 is 3.23. The average molecular weight is 321 g/mol. The van der Waals surface area contributed by atoms with Gasteiger partial charge in [0.25, 0.3) is 5.91 Å². The Morgan fingerprint density at radius 2 is 2.16 bits per heavy atom. The molecule has 2 aromatic rings. The molecule has 0 saturated heterocycles. The van der Waals surface area contributed by atoms with Crippen molar-refractivity contribution in [3.8, 4) is 5.75 Å². The van der Waals surface area contributed by atoms with Crippen molar-refractivity contribution in [1.82, 2.24) is 9.88 Å². The molecule has 0 aliphatic rings. The van der Waals surface area contributed by atoms with Crippen LogP contribution in [-0.4, -0.2) is 27.9 Å². The molecule has 0 unspecified atom stereocenters. The number of pyridine rings is 1. The van der Waals surface area contributed by atoms with E-state index in [9.17, 15) is 9.90 Å². The molecule has 0 radical (unpaired) electrons. The van der Waals surface area contributed by atoms with Gasteiger partial charge in [0, 0.05) is 19.8 Å². The number of carbonyl (C=O) groups excluding carboxylic acids is 1. The third-order valence-electron chi connectivity index (χ3n) is 2.65. The van der Waals surface area contributed by atoms with Crippen molar-refractivity contribution in [3.63, 3.8) is 0 Å². The first-order valence-corrected chi connectivity index (χ1v) is 6.50. The zero-order valence-electron chi connectivity index (χ0n) is 10.4. The molecule has 1 aromatic heterocycles. The molecule has 0 bridgehead atoms. The largest absolute Gasteiger partial charge is 0.508 e. The number of phenols is 1. The second-order valence-corrected chi connectivity index (χ2v) is 5.01. The standard InChI is InChI=1S/C14H13BrN2O2/c1-17(9-10-3-2-4-12(18)7-10)14(19)11-5-6-13(15)16-8-11/h2-8,18H,9H2,1H3. The number of carbonyl (C=O) groups is 1. The Morgan fingerprint density at radius 3 is 2.79 bits per heavy atom. The summed E-state index contributed by atoms with van der Waals surface area (Å²) in [6.45, 7) is 0.434. The van der Waals surface area contributed by atoms with Gasteiger partial charge in [-0.15, -0.1) is 0 Å². The van der Waals surface area contributed by atoms with Crippen molar-refractivity contribution < 1.29 is 9.90 Å². The van der Waals surface area contributed by atoms with Crippen molar-refractivity contribution in [2.24, 2.45) is 0 Å². The van der Waals surface area contributed by atoms with E-state index in [-0.39, 0.29) is 11.7 Å². The van der Waals surface area contributed by atoms with Crippen LogP contribution in [0.15, 0.2) is 47.2 Å². The molecular weight excluding hydrogens is 308 g/mol. The third-order valence-corrected chi connectivity index (χ3v) is 3.12. The van der Waals surface area contributed by atoms with E-state index in [2.05, 4.69) is 20.9 Å². The quantitative estimate of drug-likeness (QED) is 0.885. The SMILES string of the molecule is CN(Cc1cccc(O)c1)C(=O)c1ccc(Br)nc1. The number of hydrogen-bond acceptors (Lipinski definition) is 3. The fourth-order valence-electron chi connectivity index (χ4n) is 1.72. The van der Waals surface area contributed by atoms with Gasteiger partial charge in [0.15, 0.2) is 0 Å². The van der Waals surface area contributed by atoms with E-state index in [0.29, 0.717) is 16.7 Å². The number of halogens is 1. The fraction of sp³-hybridized carbons (Fsp3) is 0.143. The second-order valence-electron chi connectivity index (χ2n) is 4.20. The summed E-state index contributed by atoms with van der Waals surface area (Å²) in [5.74, 6) is 0.0898. The normalized spacial score (nSPS) is 10.2. The van der Waals surface area contributed by atoms with E-state index in [1.165, 1.54) is 6.20 Å². The Labute approximate surface area is 119 Å². The molecule has 19 heavy (non-hydrogen) atoms. The Bertz CT molecular complexity index is 584. The van der Waals surface area contributed by atoms with Gasteiger partial charge >= 0.3 is 0 Å². The molecule has 0 aliphatic heterocycles.